The normalized spacial score (nSPS) is 9.93. The second-order valence-electron chi connectivity index (χ2n) is 2.81. The van der Waals surface area contributed by atoms with E-state index in [1.54, 1.807) is 24.7 Å². The highest BCUT2D eigenvalue weighted by Gasteiger charge is 1.98. The van der Waals surface area contributed by atoms with Crippen molar-refractivity contribution in [2.24, 2.45) is 0 Å². The molecule has 0 N–H and O–H groups in total. The zero-order chi connectivity index (χ0) is 10.5. The van der Waals surface area contributed by atoms with Crippen LogP contribution in [-0.4, -0.2) is 15.0 Å². The van der Waals surface area contributed by atoms with Crippen molar-refractivity contribution in [2.75, 3.05) is 0 Å². The van der Waals surface area contributed by atoms with E-state index in [9.17, 15) is 0 Å². The average molecular weight is 222 g/mol. The molecule has 76 valence electrons. The molecule has 0 aromatic carbocycles. The Bertz CT molecular complexity index is 436. The predicted molar refractivity (Wildman–Crippen MR) is 55.6 cm³/mol. The van der Waals surface area contributed by atoms with Crippen molar-refractivity contribution >= 4 is 11.6 Å². The molecule has 0 spiro atoms. The van der Waals surface area contributed by atoms with Gasteiger partial charge in [-0.1, -0.05) is 6.07 Å². The average Bonchev–Trinajstić information content (AvgIpc) is 2.28. The second kappa shape index (κ2) is 4.70. The third-order valence-corrected chi connectivity index (χ3v) is 1.89. The summed E-state index contributed by atoms with van der Waals surface area (Å²) in [5, 5.41) is 0.179. The van der Waals surface area contributed by atoms with Crippen LogP contribution in [0.5, 0.6) is 5.88 Å². The fraction of sp³-hybridized carbons (Fsp3) is 0.100. The van der Waals surface area contributed by atoms with Crippen LogP contribution in [0, 0.1) is 0 Å². The molecule has 0 aliphatic heterocycles. The van der Waals surface area contributed by atoms with Crippen LogP contribution in [0.15, 0.2) is 36.8 Å². The number of hydrogen-bond acceptors (Lipinski definition) is 4. The number of halogens is 1. The Morgan fingerprint density at radius 1 is 1.27 bits per heavy atom. The Labute approximate surface area is 91.9 Å². The first kappa shape index (κ1) is 9.86. The van der Waals surface area contributed by atoms with Gasteiger partial charge in [0.15, 0.2) is 0 Å². The summed E-state index contributed by atoms with van der Waals surface area (Å²) in [6.45, 7) is 0.418. The fourth-order valence-corrected chi connectivity index (χ4v) is 1.18. The molecule has 5 heteroatoms. The Kier molecular flexibility index (Phi) is 3.09. The maximum absolute atomic E-state index is 5.61. The highest BCUT2D eigenvalue weighted by Crippen LogP contribution is 2.10. The molecule has 0 bridgehead atoms. The summed E-state index contributed by atoms with van der Waals surface area (Å²) in [5.74, 6) is 0.457. The van der Waals surface area contributed by atoms with Gasteiger partial charge in [-0.2, -0.15) is 4.98 Å². The summed E-state index contributed by atoms with van der Waals surface area (Å²) in [7, 11) is 0. The van der Waals surface area contributed by atoms with Crippen molar-refractivity contribution < 1.29 is 4.74 Å². The van der Waals surface area contributed by atoms with Gasteiger partial charge in [0.05, 0.1) is 0 Å². The zero-order valence-electron chi connectivity index (χ0n) is 7.80. The van der Waals surface area contributed by atoms with E-state index in [1.807, 2.05) is 12.1 Å². The van der Waals surface area contributed by atoms with Crippen LogP contribution >= 0.6 is 11.6 Å². The minimum atomic E-state index is 0.179. The molecule has 0 saturated heterocycles. The molecular weight excluding hydrogens is 214 g/mol. The van der Waals surface area contributed by atoms with Crippen molar-refractivity contribution in [3.8, 4) is 5.88 Å². The fourth-order valence-electron chi connectivity index (χ4n) is 1.04. The minimum Gasteiger partial charge on any atom is -0.473 e. The smallest absolute Gasteiger partial charge is 0.225 e. The van der Waals surface area contributed by atoms with E-state index in [0.29, 0.717) is 12.5 Å². The zero-order valence-corrected chi connectivity index (χ0v) is 8.55. The van der Waals surface area contributed by atoms with E-state index in [2.05, 4.69) is 15.0 Å². The molecule has 0 radical (unpaired) electrons. The monoisotopic (exact) mass is 221 g/mol. The van der Waals surface area contributed by atoms with Crippen LogP contribution in [0.1, 0.15) is 5.56 Å². The molecule has 0 saturated carbocycles. The molecule has 4 nitrogen and oxygen atoms in total. The molecule has 15 heavy (non-hydrogen) atoms. The van der Waals surface area contributed by atoms with E-state index in [-0.39, 0.29) is 5.28 Å². The van der Waals surface area contributed by atoms with Gasteiger partial charge in [-0.15, -0.1) is 0 Å². The van der Waals surface area contributed by atoms with E-state index in [4.69, 9.17) is 16.3 Å². The van der Waals surface area contributed by atoms with Crippen LogP contribution in [0.2, 0.25) is 5.28 Å². The van der Waals surface area contributed by atoms with E-state index >= 15 is 0 Å². The molecular formula is C10H8ClN3O. The maximum atomic E-state index is 5.61. The minimum absolute atomic E-state index is 0.179. The molecule has 0 aliphatic carbocycles. The molecule has 2 rings (SSSR count). The van der Waals surface area contributed by atoms with Crippen LogP contribution < -0.4 is 4.74 Å². The van der Waals surface area contributed by atoms with Gasteiger partial charge in [-0.25, -0.2) is 4.98 Å². The lowest BCUT2D eigenvalue weighted by Gasteiger charge is -2.03. The Balaban J connectivity index is 1.99. The molecule has 0 aliphatic rings. The number of ether oxygens (including phenoxy) is 1. The van der Waals surface area contributed by atoms with E-state index in [1.165, 1.54) is 0 Å². The van der Waals surface area contributed by atoms with E-state index in [0.717, 1.165) is 5.56 Å². The van der Waals surface area contributed by atoms with Gasteiger partial charge in [-0.3, -0.25) is 4.98 Å². The van der Waals surface area contributed by atoms with Gasteiger partial charge >= 0.3 is 0 Å². The number of pyridine rings is 1. The maximum Gasteiger partial charge on any atom is 0.225 e. The lowest BCUT2D eigenvalue weighted by Crippen LogP contribution is -1.97. The topological polar surface area (TPSA) is 47.9 Å². The lowest BCUT2D eigenvalue weighted by atomic mass is 10.3. The quantitative estimate of drug-likeness (QED) is 0.745. The first-order valence-corrected chi connectivity index (χ1v) is 4.72. The summed E-state index contributed by atoms with van der Waals surface area (Å²) in [6.07, 6.45) is 5.00. The van der Waals surface area contributed by atoms with Gasteiger partial charge in [0.25, 0.3) is 0 Å². The highest BCUT2D eigenvalue weighted by atomic mass is 35.5. The van der Waals surface area contributed by atoms with Crippen LogP contribution in [0.4, 0.5) is 0 Å². The molecule has 0 amide bonds. The van der Waals surface area contributed by atoms with E-state index < -0.39 is 0 Å². The van der Waals surface area contributed by atoms with Crippen molar-refractivity contribution in [1.29, 1.82) is 0 Å². The Morgan fingerprint density at radius 3 is 2.93 bits per heavy atom. The molecule has 0 fully saturated rings. The van der Waals surface area contributed by atoms with Crippen LogP contribution in [0.3, 0.4) is 0 Å². The van der Waals surface area contributed by atoms with Gasteiger partial charge in [0.1, 0.15) is 6.61 Å². The van der Waals surface area contributed by atoms with Crippen molar-refractivity contribution in [3.63, 3.8) is 0 Å². The lowest BCUT2D eigenvalue weighted by molar-refractivity contribution is 0.293. The summed E-state index contributed by atoms with van der Waals surface area (Å²) < 4.78 is 5.40. The first-order chi connectivity index (χ1) is 7.34. The molecule has 2 aromatic heterocycles. The molecule has 2 heterocycles. The van der Waals surface area contributed by atoms with Crippen molar-refractivity contribution in [2.45, 2.75) is 6.61 Å². The third kappa shape index (κ3) is 2.89. The van der Waals surface area contributed by atoms with Gasteiger partial charge in [0.2, 0.25) is 11.2 Å². The Hall–Kier alpha value is -1.68. The van der Waals surface area contributed by atoms with Gasteiger partial charge < -0.3 is 4.74 Å². The van der Waals surface area contributed by atoms with Crippen molar-refractivity contribution in [1.82, 2.24) is 15.0 Å². The highest BCUT2D eigenvalue weighted by molar-refractivity contribution is 6.28. The summed E-state index contributed by atoms with van der Waals surface area (Å²) in [4.78, 5) is 11.6. The summed E-state index contributed by atoms with van der Waals surface area (Å²) in [6, 6.07) is 5.43. The third-order valence-electron chi connectivity index (χ3n) is 1.71. The van der Waals surface area contributed by atoms with Crippen molar-refractivity contribution in [3.05, 3.63) is 47.6 Å². The molecule has 0 unspecified atom stereocenters. The summed E-state index contributed by atoms with van der Waals surface area (Å²) in [5.41, 5.74) is 0.979. The number of hydrogen-bond donors (Lipinski definition) is 0. The largest absolute Gasteiger partial charge is 0.473 e. The number of nitrogens with zero attached hydrogens (tertiary/aromatic N) is 3. The first-order valence-electron chi connectivity index (χ1n) is 4.35. The van der Waals surface area contributed by atoms with Gasteiger partial charge in [0, 0.05) is 30.2 Å². The number of aromatic nitrogens is 3. The van der Waals surface area contributed by atoms with Crippen LogP contribution in [0.25, 0.3) is 0 Å². The summed E-state index contributed by atoms with van der Waals surface area (Å²) >= 11 is 5.61. The molecule has 0 atom stereocenters. The number of rotatable bonds is 3. The predicted octanol–water partition coefficient (Wildman–Crippen LogP) is 2.10. The Morgan fingerprint density at radius 2 is 2.20 bits per heavy atom. The van der Waals surface area contributed by atoms with Gasteiger partial charge in [-0.05, 0) is 17.7 Å². The van der Waals surface area contributed by atoms with Crippen LogP contribution in [-0.2, 0) is 6.61 Å². The SMILES string of the molecule is Clc1nccc(OCc2cccnc2)n1. The molecule has 2 aromatic rings. The second-order valence-corrected chi connectivity index (χ2v) is 3.15. The standard InChI is InChI=1S/C10H8ClN3O/c11-10-13-5-3-9(14-10)15-7-8-2-1-4-12-6-8/h1-6H,7H2.